The van der Waals surface area contributed by atoms with Crippen LogP contribution in [0.5, 0.6) is 0 Å². The van der Waals surface area contributed by atoms with Crippen molar-refractivity contribution in [3.63, 3.8) is 0 Å². The van der Waals surface area contributed by atoms with Gasteiger partial charge in [0.05, 0.1) is 25.2 Å². The topological polar surface area (TPSA) is 108 Å². The largest absolute Gasteiger partial charge is 0.481 e. The van der Waals surface area contributed by atoms with Gasteiger partial charge < -0.3 is 29.9 Å². The number of ether oxygens (including phenoxy) is 2. The van der Waals surface area contributed by atoms with Gasteiger partial charge in [-0.15, -0.1) is 6.58 Å². The van der Waals surface area contributed by atoms with Crippen LogP contribution < -0.4 is 5.32 Å². The Balaban J connectivity index is 1.72. The van der Waals surface area contributed by atoms with Crippen molar-refractivity contribution in [1.82, 2.24) is 4.90 Å². The van der Waals surface area contributed by atoms with Crippen molar-refractivity contribution in [2.24, 2.45) is 0 Å². The standard InChI is InChI=1S/C26H32N2O6/c1-3-14-28(2)16-22-15-23(19-6-4-18(17-29)5-7-19)34-26(33-22)20-8-10-21(11-9-20)27-24(30)12-13-25(31)32/h3-11,22-23,26,29H,1,12-17H2,2H3,(H,27,30)(H,31,32)/t22-,23+,26+/m0/s1. The van der Waals surface area contributed by atoms with Gasteiger partial charge in [-0.25, -0.2) is 0 Å². The highest BCUT2D eigenvalue weighted by Crippen LogP contribution is 2.38. The Bertz CT molecular complexity index is 960. The number of carboxylic acid groups (broad SMARTS) is 1. The quantitative estimate of drug-likeness (QED) is 0.432. The monoisotopic (exact) mass is 468 g/mol. The molecule has 3 atom stereocenters. The van der Waals surface area contributed by atoms with Crippen molar-refractivity contribution >= 4 is 17.6 Å². The van der Waals surface area contributed by atoms with E-state index in [9.17, 15) is 14.7 Å². The third-order valence-corrected chi connectivity index (χ3v) is 5.60. The van der Waals surface area contributed by atoms with Gasteiger partial charge in [0.25, 0.3) is 0 Å². The van der Waals surface area contributed by atoms with Crippen LogP contribution in [-0.4, -0.2) is 53.2 Å². The van der Waals surface area contributed by atoms with Gasteiger partial charge in [0, 0.05) is 37.2 Å². The molecule has 3 rings (SSSR count). The van der Waals surface area contributed by atoms with Gasteiger partial charge in [0.2, 0.25) is 5.91 Å². The first-order valence-electron chi connectivity index (χ1n) is 11.3. The molecular weight excluding hydrogens is 436 g/mol. The molecule has 2 aromatic rings. The molecule has 1 amide bonds. The van der Waals surface area contributed by atoms with E-state index in [1.165, 1.54) is 0 Å². The molecule has 0 saturated carbocycles. The molecule has 0 unspecified atom stereocenters. The van der Waals surface area contributed by atoms with E-state index in [2.05, 4.69) is 16.8 Å². The summed E-state index contributed by atoms with van der Waals surface area (Å²) in [4.78, 5) is 24.7. The summed E-state index contributed by atoms with van der Waals surface area (Å²) in [6, 6.07) is 14.9. The average molecular weight is 469 g/mol. The molecule has 0 aromatic heterocycles. The Labute approximate surface area is 199 Å². The lowest BCUT2D eigenvalue weighted by Gasteiger charge is -2.37. The summed E-state index contributed by atoms with van der Waals surface area (Å²) in [6.07, 6.45) is 1.42. The molecule has 2 aromatic carbocycles. The van der Waals surface area contributed by atoms with Crippen LogP contribution in [0.4, 0.5) is 5.69 Å². The number of hydrogen-bond acceptors (Lipinski definition) is 6. The number of aliphatic carboxylic acids is 1. The highest BCUT2D eigenvalue weighted by Gasteiger charge is 2.32. The molecule has 0 spiro atoms. The highest BCUT2D eigenvalue weighted by atomic mass is 16.7. The lowest BCUT2D eigenvalue weighted by molar-refractivity contribution is -0.252. The van der Waals surface area contributed by atoms with E-state index in [-0.39, 0.29) is 37.6 Å². The van der Waals surface area contributed by atoms with Crippen LogP contribution in [0.15, 0.2) is 61.2 Å². The molecule has 3 N–H and O–H groups in total. The normalized spacial score (nSPS) is 20.1. The van der Waals surface area contributed by atoms with Gasteiger partial charge in [-0.2, -0.15) is 0 Å². The zero-order chi connectivity index (χ0) is 24.5. The summed E-state index contributed by atoms with van der Waals surface area (Å²) in [7, 11) is 2.02. The number of hydrogen-bond donors (Lipinski definition) is 3. The van der Waals surface area contributed by atoms with Gasteiger partial charge in [-0.1, -0.05) is 42.5 Å². The maximum atomic E-state index is 11.9. The van der Waals surface area contributed by atoms with E-state index >= 15 is 0 Å². The molecule has 1 saturated heterocycles. The molecule has 0 radical (unpaired) electrons. The third kappa shape index (κ3) is 7.50. The number of rotatable bonds is 11. The van der Waals surface area contributed by atoms with E-state index < -0.39 is 12.3 Å². The van der Waals surface area contributed by atoms with Gasteiger partial charge in [-0.3, -0.25) is 9.59 Å². The number of amides is 1. The fourth-order valence-electron chi connectivity index (χ4n) is 3.84. The number of aliphatic hydroxyl groups is 1. The number of likely N-dealkylation sites (N-methyl/N-ethyl adjacent to an activating group) is 1. The van der Waals surface area contributed by atoms with Gasteiger partial charge >= 0.3 is 5.97 Å². The molecule has 1 fully saturated rings. The minimum Gasteiger partial charge on any atom is -0.481 e. The highest BCUT2D eigenvalue weighted by molar-refractivity contribution is 5.92. The number of anilines is 1. The van der Waals surface area contributed by atoms with E-state index in [1.807, 2.05) is 49.5 Å². The first-order chi connectivity index (χ1) is 16.4. The van der Waals surface area contributed by atoms with E-state index in [4.69, 9.17) is 14.6 Å². The van der Waals surface area contributed by atoms with Crippen molar-refractivity contribution in [2.75, 3.05) is 25.5 Å². The van der Waals surface area contributed by atoms with E-state index in [1.54, 1.807) is 12.1 Å². The predicted molar refractivity (Wildman–Crippen MR) is 128 cm³/mol. The van der Waals surface area contributed by atoms with Gasteiger partial charge in [0.1, 0.15) is 0 Å². The summed E-state index contributed by atoms with van der Waals surface area (Å²) >= 11 is 0. The third-order valence-electron chi connectivity index (χ3n) is 5.60. The number of nitrogens with one attached hydrogen (secondary N) is 1. The zero-order valence-electron chi connectivity index (χ0n) is 19.4. The molecule has 182 valence electrons. The van der Waals surface area contributed by atoms with Crippen LogP contribution in [-0.2, 0) is 25.7 Å². The first-order valence-corrected chi connectivity index (χ1v) is 11.3. The molecule has 1 aliphatic heterocycles. The second-order valence-corrected chi connectivity index (χ2v) is 8.42. The summed E-state index contributed by atoms with van der Waals surface area (Å²) in [6.45, 7) is 5.25. The second-order valence-electron chi connectivity index (χ2n) is 8.42. The molecule has 1 aliphatic rings. The molecule has 0 bridgehead atoms. The van der Waals surface area contributed by atoms with Crippen LogP contribution in [0.25, 0.3) is 0 Å². The van der Waals surface area contributed by atoms with E-state index in [0.717, 1.165) is 29.8 Å². The second kappa shape index (κ2) is 12.4. The van der Waals surface area contributed by atoms with Crippen molar-refractivity contribution in [3.05, 3.63) is 77.9 Å². The van der Waals surface area contributed by atoms with Gasteiger partial charge in [0.15, 0.2) is 6.29 Å². The minimum atomic E-state index is -1.01. The maximum Gasteiger partial charge on any atom is 0.303 e. The van der Waals surface area contributed by atoms with Crippen LogP contribution >= 0.6 is 0 Å². The SMILES string of the molecule is C=CCN(C)C[C@@H]1C[C@H](c2ccc(CO)cc2)O[C@H](c2ccc(NC(=O)CCC(=O)O)cc2)O1. The number of carbonyl (C=O) groups excluding carboxylic acids is 1. The maximum absolute atomic E-state index is 11.9. The Morgan fingerprint density at radius 3 is 2.38 bits per heavy atom. The van der Waals surface area contributed by atoms with Crippen LogP contribution in [0.1, 0.15) is 48.3 Å². The zero-order valence-corrected chi connectivity index (χ0v) is 19.4. The Kier molecular flexibility index (Phi) is 9.35. The number of carbonyl (C=O) groups is 2. The number of carboxylic acids is 1. The number of aliphatic hydroxyl groups excluding tert-OH is 1. The molecule has 0 aliphatic carbocycles. The molecule has 1 heterocycles. The van der Waals surface area contributed by atoms with Crippen molar-refractivity contribution in [2.45, 2.75) is 44.4 Å². The lowest BCUT2D eigenvalue weighted by Crippen LogP contribution is -2.37. The van der Waals surface area contributed by atoms with Crippen LogP contribution in [0.3, 0.4) is 0 Å². The Morgan fingerprint density at radius 1 is 1.09 bits per heavy atom. The Hall–Kier alpha value is -3.04. The van der Waals surface area contributed by atoms with Crippen molar-refractivity contribution in [1.29, 1.82) is 0 Å². The predicted octanol–water partition coefficient (Wildman–Crippen LogP) is 3.65. The first kappa shape index (κ1) is 25.6. The van der Waals surface area contributed by atoms with Crippen molar-refractivity contribution < 1.29 is 29.3 Å². The summed E-state index contributed by atoms with van der Waals surface area (Å²) in [5.74, 6) is -1.36. The number of nitrogens with zero attached hydrogens (tertiary/aromatic N) is 1. The molecular formula is C26H32N2O6. The molecule has 8 heteroatoms. The minimum absolute atomic E-state index is 0.00823. The summed E-state index contributed by atoms with van der Waals surface area (Å²) in [5, 5.41) is 20.8. The van der Waals surface area contributed by atoms with Crippen molar-refractivity contribution in [3.8, 4) is 0 Å². The fraction of sp³-hybridized carbons (Fsp3) is 0.385. The summed E-state index contributed by atoms with van der Waals surface area (Å²) < 4.78 is 12.6. The summed E-state index contributed by atoms with van der Waals surface area (Å²) in [5.41, 5.74) is 3.25. The molecule has 34 heavy (non-hydrogen) atoms. The number of benzene rings is 2. The molecule has 8 nitrogen and oxygen atoms in total. The Morgan fingerprint density at radius 2 is 1.76 bits per heavy atom. The van der Waals surface area contributed by atoms with Crippen LogP contribution in [0, 0.1) is 0 Å². The van der Waals surface area contributed by atoms with Gasteiger partial charge in [-0.05, 0) is 30.3 Å². The smallest absolute Gasteiger partial charge is 0.303 e. The van der Waals surface area contributed by atoms with Crippen LogP contribution in [0.2, 0.25) is 0 Å². The fourth-order valence-corrected chi connectivity index (χ4v) is 3.84. The average Bonchev–Trinajstić information content (AvgIpc) is 2.83. The lowest BCUT2D eigenvalue weighted by atomic mass is 9.99. The van der Waals surface area contributed by atoms with E-state index in [0.29, 0.717) is 12.1 Å².